The van der Waals surface area contributed by atoms with Gasteiger partial charge in [-0.2, -0.15) is 13.2 Å². The minimum Gasteiger partial charge on any atom is -0.357 e. The molecule has 0 saturated carbocycles. The Morgan fingerprint density at radius 3 is 2.64 bits per heavy atom. The Balaban J connectivity index is 2.00. The molecule has 0 aromatic carbocycles. The van der Waals surface area contributed by atoms with Crippen LogP contribution in [0.25, 0.3) is 11.1 Å². The molecule has 0 unspecified atom stereocenters. The summed E-state index contributed by atoms with van der Waals surface area (Å²) < 4.78 is 38.4. The average Bonchev–Trinajstić information content (AvgIpc) is 2.53. The van der Waals surface area contributed by atoms with Gasteiger partial charge in [0, 0.05) is 42.8 Å². The van der Waals surface area contributed by atoms with Crippen LogP contribution in [0.1, 0.15) is 24.5 Å². The van der Waals surface area contributed by atoms with Crippen molar-refractivity contribution in [1.82, 2.24) is 9.97 Å². The molecule has 0 N–H and O–H groups in total. The van der Waals surface area contributed by atoms with Crippen LogP contribution in [0.3, 0.4) is 0 Å². The maximum atomic E-state index is 12.8. The van der Waals surface area contributed by atoms with Gasteiger partial charge in [-0.15, -0.1) is 0 Å². The molecular weight excluding hydrogens is 291 g/mol. The largest absolute Gasteiger partial charge is 0.417 e. The summed E-state index contributed by atoms with van der Waals surface area (Å²) in [6.07, 6.45) is 1.47. The molecule has 2 aromatic rings. The lowest BCUT2D eigenvalue weighted by Gasteiger charge is -2.29. The van der Waals surface area contributed by atoms with Crippen LogP contribution in [-0.4, -0.2) is 23.1 Å². The fourth-order valence-corrected chi connectivity index (χ4v) is 2.76. The number of hydrogen-bond acceptors (Lipinski definition) is 3. The maximum absolute atomic E-state index is 12.8. The SMILES string of the molecule is CCN1CCCc2cc(-c3cncc(C(F)(F)F)c3)cnc21. The number of aryl methyl sites for hydroxylation is 1. The Kier molecular flexibility index (Phi) is 3.76. The van der Waals surface area contributed by atoms with E-state index in [1.807, 2.05) is 6.07 Å². The van der Waals surface area contributed by atoms with Crippen LogP contribution in [0.2, 0.25) is 0 Å². The molecule has 6 heteroatoms. The maximum Gasteiger partial charge on any atom is 0.417 e. The molecule has 116 valence electrons. The van der Waals surface area contributed by atoms with Gasteiger partial charge < -0.3 is 4.90 Å². The molecule has 0 spiro atoms. The van der Waals surface area contributed by atoms with Crippen LogP contribution in [0.5, 0.6) is 0 Å². The summed E-state index contributed by atoms with van der Waals surface area (Å²) in [5.74, 6) is 0.942. The Morgan fingerprint density at radius 1 is 1.14 bits per heavy atom. The predicted octanol–water partition coefficient (Wildman–Crippen LogP) is 3.93. The zero-order valence-electron chi connectivity index (χ0n) is 12.2. The van der Waals surface area contributed by atoms with E-state index in [2.05, 4.69) is 21.8 Å². The van der Waals surface area contributed by atoms with Crippen LogP contribution >= 0.6 is 0 Å². The molecular formula is C16H16F3N3. The van der Waals surface area contributed by atoms with E-state index in [1.165, 1.54) is 6.20 Å². The van der Waals surface area contributed by atoms with E-state index in [0.29, 0.717) is 11.1 Å². The number of nitrogens with zero attached hydrogens (tertiary/aromatic N) is 3. The Labute approximate surface area is 126 Å². The highest BCUT2D eigenvalue weighted by atomic mass is 19.4. The summed E-state index contributed by atoms with van der Waals surface area (Å²) in [7, 11) is 0. The van der Waals surface area contributed by atoms with Gasteiger partial charge in [0.25, 0.3) is 0 Å². The fraction of sp³-hybridized carbons (Fsp3) is 0.375. The van der Waals surface area contributed by atoms with Crippen LogP contribution in [0.4, 0.5) is 19.0 Å². The summed E-state index contributed by atoms with van der Waals surface area (Å²) in [6, 6.07) is 3.05. The third-order valence-electron chi connectivity index (χ3n) is 3.90. The lowest BCUT2D eigenvalue weighted by Crippen LogP contribution is -2.29. The van der Waals surface area contributed by atoms with E-state index < -0.39 is 11.7 Å². The normalized spacial score (nSPS) is 14.8. The zero-order chi connectivity index (χ0) is 15.7. The summed E-state index contributed by atoms with van der Waals surface area (Å²) >= 11 is 0. The van der Waals surface area contributed by atoms with Crippen molar-refractivity contribution in [1.29, 1.82) is 0 Å². The van der Waals surface area contributed by atoms with Gasteiger partial charge in [0.15, 0.2) is 0 Å². The van der Waals surface area contributed by atoms with Gasteiger partial charge in [0.2, 0.25) is 0 Å². The van der Waals surface area contributed by atoms with E-state index in [1.54, 1.807) is 6.20 Å². The average molecular weight is 307 g/mol. The first-order chi connectivity index (χ1) is 10.5. The van der Waals surface area contributed by atoms with Crippen molar-refractivity contribution >= 4 is 5.82 Å². The first kappa shape index (κ1) is 14.8. The first-order valence-corrected chi connectivity index (χ1v) is 7.25. The molecule has 22 heavy (non-hydrogen) atoms. The third-order valence-corrected chi connectivity index (χ3v) is 3.90. The Morgan fingerprint density at radius 2 is 1.91 bits per heavy atom. The van der Waals surface area contributed by atoms with Crippen molar-refractivity contribution in [2.75, 3.05) is 18.0 Å². The number of pyridine rings is 2. The van der Waals surface area contributed by atoms with Crippen LogP contribution < -0.4 is 4.90 Å². The Bertz CT molecular complexity index is 683. The van der Waals surface area contributed by atoms with Gasteiger partial charge in [-0.25, -0.2) is 4.98 Å². The molecule has 1 aliphatic heterocycles. The monoisotopic (exact) mass is 307 g/mol. The summed E-state index contributed by atoms with van der Waals surface area (Å²) in [6.45, 7) is 3.92. The molecule has 0 fully saturated rings. The van der Waals surface area contributed by atoms with Crippen molar-refractivity contribution in [3.63, 3.8) is 0 Å². The molecule has 3 nitrogen and oxygen atoms in total. The number of alkyl halides is 3. The van der Waals surface area contributed by atoms with E-state index in [0.717, 1.165) is 49.6 Å². The van der Waals surface area contributed by atoms with E-state index in [4.69, 9.17) is 0 Å². The molecule has 0 saturated heterocycles. The highest BCUT2D eigenvalue weighted by Gasteiger charge is 2.31. The standard InChI is InChI=1S/C16H16F3N3/c1-2-22-5-3-4-11-6-12(9-21-15(11)22)13-7-14(10-20-8-13)16(17,18)19/h6-10H,2-5H2,1H3. The number of halogens is 3. The van der Waals surface area contributed by atoms with Gasteiger partial charge in [-0.05, 0) is 37.5 Å². The minimum absolute atomic E-state index is 0.443. The van der Waals surface area contributed by atoms with Gasteiger partial charge in [-0.3, -0.25) is 4.98 Å². The Hall–Kier alpha value is -2.11. The van der Waals surface area contributed by atoms with Crippen LogP contribution in [-0.2, 0) is 12.6 Å². The van der Waals surface area contributed by atoms with E-state index in [-0.39, 0.29) is 0 Å². The summed E-state index contributed by atoms with van der Waals surface area (Å²) in [5, 5.41) is 0. The van der Waals surface area contributed by atoms with Gasteiger partial charge in [0.1, 0.15) is 5.82 Å². The second-order valence-corrected chi connectivity index (χ2v) is 5.35. The van der Waals surface area contributed by atoms with E-state index in [9.17, 15) is 13.2 Å². The molecule has 1 aliphatic rings. The summed E-state index contributed by atoms with van der Waals surface area (Å²) in [4.78, 5) is 10.4. The molecule has 0 atom stereocenters. The second-order valence-electron chi connectivity index (χ2n) is 5.35. The van der Waals surface area contributed by atoms with Crippen LogP contribution in [0, 0.1) is 0 Å². The van der Waals surface area contributed by atoms with E-state index >= 15 is 0 Å². The van der Waals surface area contributed by atoms with Crippen molar-refractivity contribution in [3.8, 4) is 11.1 Å². The smallest absolute Gasteiger partial charge is 0.357 e. The zero-order valence-corrected chi connectivity index (χ0v) is 12.2. The predicted molar refractivity (Wildman–Crippen MR) is 78.7 cm³/mol. The quantitative estimate of drug-likeness (QED) is 0.841. The van der Waals surface area contributed by atoms with Crippen molar-refractivity contribution in [2.45, 2.75) is 25.9 Å². The lowest BCUT2D eigenvalue weighted by atomic mass is 10.0. The van der Waals surface area contributed by atoms with Crippen molar-refractivity contribution in [3.05, 3.63) is 41.9 Å². The fourth-order valence-electron chi connectivity index (χ4n) is 2.76. The number of aromatic nitrogens is 2. The number of fused-ring (bicyclic) bond motifs is 1. The minimum atomic E-state index is -4.39. The highest BCUT2D eigenvalue weighted by molar-refractivity contribution is 5.66. The van der Waals surface area contributed by atoms with Gasteiger partial charge in [0.05, 0.1) is 5.56 Å². The number of anilines is 1. The molecule has 0 bridgehead atoms. The molecule has 2 aromatic heterocycles. The van der Waals surface area contributed by atoms with Crippen molar-refractivity contribution in [2.24, 2.45) is 0 Å². The molecule has 0 radical (unpaired) electrons. The third kappa shape index (κ3) is 2.77. The number of rotatable bonds is 2. The molecule has 0 amide bonds. The second kappa shape index (κ2) is 5.59. The number of hydrogen-bond donors (Lipinski definition) is 0. The lowest BCUT2D eigenvalue weighted by molar-refractivity contribution is -0.137. The summed E-state index contributed by atoms with van der Waals surface area (Å²) in [5.41, 5.74) is 1.47. The van der Waals surface area contributed by atoms with Crippen molar-refractivity contribution < 1.29 is 13.2 Å². The molecule has 3 heterocycles. The van der Waals surface area contributed by atoms with Gasteiger partial charge >= 0.3 is 6.18 Å². The van der Waals surface area contributed by atoms with Gasteiger partial charge in [-0.1, -0.05) is 0 Å². The molecule has 0 aliphatic carbocycles. The first-order valence-electron chi connectivity index (χ1n) is 7.25. The highest BCUT2D eigenvalue weighted by Crippen LogP contribution is 2.33. The van der Waals surface area contributed by atoms with Crippen LogP contribution in [0.15, 0.2) is 30.7 Å². The molecule has 3 rings (SSSR count). The topological polar surface area (TPSA) is 29.0 Å².